The molecule has 0 radical (unpaired) electrons. The predicted octanol–water partition coefficient (Wildman–Crippen LogP) is 5.75. The highest BCUT2D eigenvalue weighted by molar-refractivity contribution is 7.62. The second-order valence-corrected chi connectivity index (χ2v) is 16.2. The standard InChI is InChI=1S/C24H44O11P2/c1-21(2,3)17(25)13-31-36(29,32-14-18(26)22(4,5)6)35-37(30,33-15-19(27)23(7,8)9)34-16-20(28)24(10,11)12/h13-16H2,1-12H3. The molecular formula is C24H44O11P2. The van der Waals surface area contributed by atoms with Gasteiger partial charge >= 0.3 is 15.6 Å². The Morgan fingerprint density at radius 1 is 0.432 bits per heavy atom. The van der Waals surface area contributed by atoms with Gasteiger partial charge in [0.1, 0.15) is 26.4 Å². The largest absolute Gasteiger partial charge is 0.484 e. The fourth-order valence-electron chi connectivity index (χ4n) is 1.71. The maximum Gasteiger partial charge on any atom is 0.484 e. The average Bonchev–Trinajstić information content (AvgIpc) is 2.69. The lowest BCUT2D eigenvalue weighted by Gasteiger charge is -2.26. The number of ketones is 4. The monoisotopic (exact) mass is 570 g/mol. The molecule has 0 spiro atoms. The van der Waals surface area contributed by atoms with Crippen LogP contribution in [-0.4, -0.2) is 49.6 Å². The third kappa shape index (κ3) is 13.5. The molecule has 0 heterocycles. The van der Waals surface area contributed by atoms with Crippen LogP contribution in [0.15, 0.2) is 0 Å². The molecule has 0 saturated heterocycles. The van der Waals surface area contributed by atoms with E-state index >= 15 is 0 Å². The molecule has 37 heavy (non-hydrogen) atoms. The molecule has 0 rings (SSSR count). The minimum atomic E-state index is -4.97. The molecule has 0 N–H and O–H groups in total. The van der Waals surface area contributed by atoms with Crippen LogP contribution in [0, 0.1) is 21.7 Å². The molecule has 0 fully saturated rings. The lowest BCUT2D eigenvalue weighted by Crippen LogP contribution is -2.28. The van der Waals surface area contributed by atoms with Crippen LogP contribution in [-0.2, 0) is 50.7 Å². The predicted molar refractivity (Wildman–Crippen MR) is 138 cm³/mol. The Bertz CT molecular complexity index is 798. The average molecular weight is 571 g/mol. The lowest BCUT2D eigenvalue weighted by molar-refractivity contribution is -0.130. The Balaban J connectivity index is 6.14. The van der Waals surface area contributed by atoms with Crippen molar-refractivity contribution in [1.82, 2.24) is 0 Å². The Kier molecular flexibility index (Phi) is 12.5. The molecule has 0 saturated carbocycles. The summed E-state index contributed by atoms with van der Waals surface area (Å²) in [5, 5.41) is 0. The molecule has 216 valence electrons. The Hall–Kier alpha value is -1.06. The first-order valence-electron chi connectivity index (χ1n) is 11.8. The van der Waals surface area contributed by atoms with Crippen molar-refractivity contribution in [2.24, 2.45) is 21.7 Å². The molecule has 0 bridgehead atoms. The summed E-state index contributed by atoms with van der Waals surface area (Å²) >= 11 is 0. The van der Waals surface area contributed by atoms with Gasteiger partial charge in [-0.15, -0.1) is 0 Å². The number of phosphoric ester groups is 2. The van der Waals surface area contributed by atoms with Gasteiger partial charge < -0.3 is 0 Å². The van der Waals surface area contributed by atoms with Crippen LogP contribution in [0.3, 0.4) is 0 Å². The summed E-state index contributed by atoms with van der Waals surface area (Å²) in [6.45, 7) is 16.1. The van der Waals surface area contributed by atoms with Gasteiger partial charge in [0.05, 0.1) is 0 Å². The van der Waals surface area contributed by atoms with Gasteiger partial charge in [-0.1, -0.05) is 83.1 Å². The van der Waals surface area contributed by atoms with Crippen molar-refractivity contribution < 1.29 is 50.7 Å². The maximum atomic E-state index is 13.5. The minimum absolute atomic E-state index is 0.496. The van der Waals surface area contributed by atoms with E-state index < -0.39 is 86.9 Å². The molecule has 0 amide bonds. The molecule has 0 aromatic rings. The van der Waals surface area contributed by atoms with E-state index in [1.54, 1.807) is 83.1 Å². The second-order valence-electron chi connectivity index (χ2n) is 12.8. The maximum absolute atomic E-state index is 13.5. The van der Waals surface area contributed by atoms with E-state index in [0.717, 1.165) is 0 Å². The zero-order valence-corrected chi connectivity index (χ0v) is 26.0. The van der Waals surface area contributed by atoms with Crippen LogP contribution in [0.2, 0.25) is 0 Å². The lowest BCUT2D eigenvalue weighted by atomic mass is 9.91. The topological polar surface area (TPSA) is 149 Å². The first-order chi connectivity index (χ1) is 16.2. The Morgan fingerprint density at radius 2 is 0.595 bits per heavy atom. The van der Waals surface area contributed by atoms with E-state index in [1.807, 2.05) is 0 Å². The van der Waals surface area contributed by atoms with E-state index in [2.05, 4.69) is 0 Å². The van der Waals surface area contributed by atoms with Crippen molar-refractivity contribution in [1.29, 1.82) is 0 Å². The first-order valence-corrected chi connectivity index (χ1v) is 14.8. The van der Waals surface area contributed by atoms with Gasteiger partial charge in [0.25, 0.3) is 0 Å². The minimum Gasteiger partial charge on any atom is -0.296 e. The first kappa shape index (κ1) is 35.9. The Morgan fingerprint density at radius 3 is 0.730 bits per heavy atom. The molecule has 13 heteroatoms. The number of rotatable bonds is 14. The van der Waals surface area contributed by atoms with Gasteiger partial charge in [0.15, 0.2) is 23.1 Å². The van der Waals surface area contributed by atoms with Crippen molar-refractivity contribution in [2.75, 3.05) is 26.4 Å². The summed E-state index contributed by atoms with van der Waals surface area (Å²) in [6.07, 6.45) is 0. The summed E-state index contributed by atoms with van der Waals surface area (Å²) in [5.41, 5.74) is -3.55. The number of carbonyl (C=O) groups excluding carboxylic acids is 4. The van der Waals surface area contributed by atoms with Crippen molar-refractivity contribution in [3.63, 3.8) is 0 Å². The van der Waals surface area contributed by atoms with E-state index in [9.17, 15) is 28.3 Å². The van der Waals surface area contributed by atoms with Crippen LogP contribution in [0.25, 0.3) is 0 Å². The molecule has 0 aliphatic carbocycles. The molecule has 0 aromatic heterocycles. The molecule has 0 aliphatic rings. The van der Waals surface area contributed by atoms with Crippen molar-refractivity contribution in [3.05, 3.63) is 0 Å². The van der Waals surface area contributed by atoms with Crippen molar-refractivity contribution in [3.8, 4) is 0 Å². The van der Waals surface area contributed by atoms with E-state index in [-0.39, 0.29) is 0 Å². The van der Waals surface area contributed by atoms with Crippen LogP contribution >= 0.6 is 15.6 Å². The Labute approximate surface area is 220 Å². The second kappa shape index (κ2) is 12.9. The normalized spacial score (nSPS) is 13.9. The van der Waals surface area contributed by atoms with Gasteiger partial charge in [0, 0.05) is 21.7 Å². The van der Waals surface area contributed by atoms with E-state index in [4.69, 9.17) is 22.4 Å². The van der Waals surface area contributed by atoms with Crippen LogP contribution in [0.5, 0.6) is 0 Å². The highest BCUT2D eigenvalue weighted by Crippen LogP contribution is 2.66. The number of phosphoric acid groups is 2. The van der Waals surface area contributed by atoms with Crippen LogP contribution < -0.4 is 0 Å². The summed E-state index contributed by atoms with van der Waals surface area (Å²) in [7, 11) is -9.93. The summed E-state index contributed by atoms with van der Waals surface area (Å²) in [5.74, 6) is -1.98. The summed E-state index contributed by atoms with van der Waals surface area (Å²) < 4.78 is 52.6. The molecule has 0 aromatic carbocycles. The van der Waals surface area contributed by atoms with Gasteiger partial charge in [-0.3, -0.25) is 37.3 Å². The fraction of sp³-hybridized carbons (Fsp3) is 0.833. The summed E-state index contributed by atoms with van der Waals surface area (Å²) in [4.78, 5) is 49.5. The van der Waals surface area contributed by atoms with E-state index in [1.165, 1.54) is 0 Å². The quantitative estimate of drug-likeness (QED) is 0.235. The fourth-order valence-corrected chi connectivity index (χ4v) is 4.69. The molecular weight excluding hydrogens is 526 g/mol. The highest BCUT2D eigenvalue weighted by atomic mass is 31.3. The number of hydrogen-bond donors (Lipinski definition) is 0. The van der Waals surface area contributed by atoms with Crippen LogP contribution in [0.4, 0.5) is 0 Å². The highest BCUT2D eigenvalue weighted by Gasteiger charge is 2.44. The zero-order chi connectivity index (χ0) is 29.7. The van der Waals surface area contributed by atoms with Crippen molar-refractivity contribution >= 4 is 38.8 Å². The van der Waals surface area contributed by atoms with Gasteiger partial charge in [0.2, 0.25) is 0 Å². The van der Waals surface area contributed by atoms with E-state index in [0.29, 0.717) is 0 Å². The molecule has 0 atom stereocenters. The van der Waals surface area contributed by atoms with Crippen molar-refractivity contribution in [2.45, 2.75) is 83.1 Å². The SMILES string of the molecule is CC(C)(C)C(=O)COP(=O)(OCC(=O)C(C)(C)C)OP(=O)(OCC(=O)C(C)(C)C)OCC(=O)C(C)(C)C. The molecule has 11 nitrogen and oxygen atoms in total. The molecule has 0 unspecified atom stereocenters. The number of hydrogen-bond acceptors (Lipinski definition) is 11. The molecule has 0 aliphatic heterocycles. The summed E-state index contributed by atoms with van der Waals surface area (Å²) in [6, 6.07) is 0. The number of Topliss-reactive ketones (excluding diaryl/α,β-unsaturated/α-hetero) is 4. The van der Waals surface area contributed by atoms with Gasteiger partial charge in [-0.2, -0.15) is 4.31 Å². The zero-order valence-electron chi connectivity index (χ0n) is 24.2. The smallest absolute Gasteiger partial charge is 0.296 e. The number of carbonyl (C=O) groups is 4. The van der Waals surface area contributed by atoms with Crippen LogP contribution in [0.1, 0.15) is 83.1 Å². The van der Waals surface area contributed by atoms with Gasteiger partial charge in [-0.25, -0.2) is 9.13 Å². The third-order valence-electron chi connectivity index (χ3n) is 4.96. The third-order valence-corrected chi connectivity index (χ3v) is 8.34. The van der Waals surface area contributed by atoms with Gasteiger partial charge in [-0.05, 0) is 0 Å².